The van der Waals surface area contributed by atoms with E-state index in [-0.39, 0.29) is 17.7 Å². The molecule has 122 valence electrons. The van der Waals surface area contributed by atoms with Crippen LogP contribution in [0, 0.1) is 11.6 Å². The summed E-state index contributed by atoms with van der Waals surface area (Å²) >= 11 is 0. The van der Waals surface area contributed by atoms with E-state index in [2.05, 4.69) is 4.90 Å². The first-order valence-corrected chi connectivity index (χ1v) is 7.65. The van der Waals surface area contributed by atoms with Crippen LogP contribution in [0.4, 0.5) is 8.78 Å². The molecule has 3 nitrogen and oxygen atoms in total. The first kappa shape index (κ1) is 16.1. The van der Waals surface area contributed by atoms with Gasteiger partial charge in [-0.2, -0.15) is 0 Å². The molecule has 0 radical (unpaired) electrons. The molecular weight excluding hydrogens is 300 g/mol. The number of aliphatic hydroxyl groups excluding tert-OH is 1. The number of halogens is 2. The lowest BCUT2D eigenvalue weighted by Crippen LogP contribution is -2.40. The van der Waals surface area contributed by atoms with Gasteiger partial charge in [0.25, 0.3) is 0 Å². The van der Waals surface area contributed by atoms with E-state index in [0.29, 0.717) is 25.3 Å². The van der Waals surface area contributed by atoms with Gasteiger partial charge in [0.2, 0.25) is 0 Å². The van der Waals surface area contributed by atoms with Crippen LogP contribution < -0.4 is 0 Å². The number of nitrogens with zero attached hydrogens (tertiary/aromatic N) is 1. The summed E-state index contributed by atoms with van der Waals surface area (Å²) in [7, 11) is 0. The monoisotopic (exact) mass is 319 g/mol. The minimum absolute atomic E-state index is 0.134. The molecule has 2 aromatic carbocycles. The molecule has 2 aromatic rings. The summed E-state index contributed by atoms with van der Waals surface area (Å²) in [4.78, 5) is 2.10. The Morgan fingerprint density at radius 2 is 1.65 bits per heavy atom. The summed E-state index contributed by atoms with van der Waals surface area (Å²) in [6.45, 7) is 2.35. The van der Waals surface area contributed by atoms with Crippen molar-refractivity contribution in [3.8, 4) is 0 Å². The Balaban J connectivity index is 1.62. The van der Waals surface area contributed by atoms with E-state index in [1.807, 2.05) is 0 Å². The Morgan fingerprint density at radius 3 is 2.30 bits per heavy atom. The van der Waals surface area contributed by atoms with E-state index in [1.165, 1.54) is 24.3 Å². The minimum Gasteiger partial charge on any atom is -0.387 e. The average molecular weight is 319 g/mol. The smallest absolute Gasteiger partial charge is 0.123 e. The number of ether oxygens (including phenoxy) is 1. The highest BCUT2D eigenvalue weighted by Crippen LogP contribution is 2.24. The number of aliphatic hydroxyl groups is 1. The van der Waals surface area contributed by atoms with Gasteiger partial charge in [-0.05, 0) is 35.4 Å². The number of hydrogen-bond acceptors (Lipinski definition) is 3. The second-order valence-corrected chi connectivity index (χ2v) is 5.74. The van der Waals surface area contributed by atoms with Crippen LogP contribution >= 0.6 is 0 Å². The largest absolute Gasteiger partial charge is 0.387 e. The van der Waals surface area contributed by atoms with Gasteiger partial charge >= 0.3 is 0 Å². The molecular formula is C18H19F2NO2. The number of hydrogen-bond donors (Lipinski definition) is 1. The predicted molar refractivity (Wildman–Crippen MR) is 82.9 cm³/mol. The Bertz CT molecular complexity index is 628. The Hall–Kier alpha value is -1.82. The molecule has 1 N–H and O–H groups in total. The third-order valence-corrected chi connectivity index (χ3v) is 4.08. The fourth-order valence-electron chi connectivity index (χ4n) is 2.78. The summed E-state index contributed by atoms with van der Waals surface area (Å²) in [5.41, 5.74) is 1.61. The number of morpholine rings is 1. The fraction of sp³-hybridized carbons (Fsp3) is 0.333. The molecule has 2 atom stereocenters. The highest BCUT2D eigenvalue weighted by Gasteiger charge is 2.24. The molecule has 0 bridgehead atoms. The molecule has 0 aliphatic carbocycles. The summed E-state index contributed by atoms with van der Waals surface area (Å²) < 4.78 is 31.7. The normalized spacial score (nSPS) is 20.4. The van der Waals surface area contributed by atoms with Crippen molar-refractivity contribution < 1.29 is 18.6 Å². The predicted octanol–water partition coefficient (Wildman–Crippen LogP) is 3.07. The third kappa shape index (κ3) is 4.13. The lowest BCUT2D eigenvalue weighted by atomic mass is 10.1. The summed E-state index contributed by atoms with van der Waals surface area (Å²) in [6.07, 6.45) is -0.813. The van der Waals surface area contributed by atoms with Crippen LogP contribution in [-0.2, 0) is 4.74 Å². The van der Waals surface area contributed by atoms with Crippen molar-refractivity contribution in [3.63, 3.8) is 0 Å². The van der Waals surface area contributed by atoms with Gasteiger partial charge in [-0.1, -0.05) is 24.3 Å². The standard InChI is InChI=1S/C18H19F2NO2/c19-15-5-1-13(2-6-15)17(22)11-21-9-10-23-18(12-21)14-3-7-16(20)8-4-14/h1-8,17-18,22H,9-12H2. The zero-order valence-corrected chi connectivity index (χ0v) is 12.7. The number of benzene rings is 2. The van der Waals surface area contributed by atoms with Crippen molar-refractivity contribution in [2.24, 2.45) is 0 Å². The van der Waals surface area contributed by atoms with Gasteiger partial charge in [0, 0.05) is 19.6 Å². The first-order chi connectivity index (χ1) is 11.1. The van der Waals surface area contributed by atoms with E-state index in [1.54, 1.807) is 24.3 Å². The van der Waals surface area contributed by atoms with Gasteiger partial charge in [0.1, 0.15) is 11.6 Å². The minimum atomic E-state index is -0.678. The molecule has 2 unspecified atom stereocenters. The van der Waals surface area contributed by atoms with Crippen molar-refractivity contribution in [1.82, 2.24) is 4.90 Å². The van der Waals surface area contributed by atoms with Crippen molar-refractivity contribution in [1.29, 1.82) is 0 Å². The van der Waals surface area contributed by atoms with Gasteiger partial charge in [-0.3, -0.25) is 4.90 Å². The molecule has 1 aliphatic heterocycles. The van der Waals surface area contributed by atoms with Crippen molar-refractivity contribution in [2.45, 2.75) is 12.2 Å². The van der Waals surface area contributed by atoms with Gasteiger partial charge in [-0.15, -0.1) is 0 Å². The topological polar surface area (TPSA) is 32.7 Å². The maximum absolute atomic E-state index is 13.0. The Kier molecular flexibility index (Phi) is 5.00. The maximum Gasteiger partial charge on any atom is 0.123 e. The Morgan fingerprint density at radius 1 is 1.04 bits per heavy atom. The maximum atomic E-state index is 13.0. The second kappa shape index (κ2) is 7.17. The van der Waals surface area contributed by atoms with E-state index in [0.717, 1.165) is 12.1 Å². The molecule has 5 heteroatoms. The SMILES string of the molecule is OC(CN1CCOC(c2ccc(F)cc2)C1)c1ccc(F)cc1. The van der Waals surface area contributed by atoms with Crippen LogP contribution in [0.5, 0.6) is 0 Å². The van der Waals surface area contributed by atoms with Crippen molar-refractivity contribution >= 4 is 0 Å². The summed E-state index contributed by atoms with van der Waals surface area (Å²) in [6, 6.07) is 12.2. The lowest BCUT2D eigenvalue weighted by molar-refractivity contribution is -0.0424. The second-order valence-electron chi connectivity index (χ2n) is 5.74. The first-order valence-electron chi connectivity index (χ1n) is 7.65. The zero-order valence-electron chi connectivity index (χ0n) is 12.7. The van der Waals surface area contributed by atoms with Crippen LogP contribution in [-0.4, -0.2) is 36.2 Å². The summed E-state index contributed by atoms with van der Waals surface area (Å²) in [5.74, 6) is -0.586. The molecule has 3 rings (SSSR count). The van der Waals surface area contributed by atoms with Gasteiger partial charge in [0.05, 0.1) is 18.8 Å². The Labute approximate surface area is 134 Å². The quantitative estimate of drug-likeness (QED) is 0.940. The highest BCUT2D eigenvalue weighted by molar-refractivity contribution is 5.20. The van der Waals surface area contributed by atoms with Crippen LogP contribution in [0.25, 0.3) is 0 Å². The average Bonchev–Trinajstić information content (AvgIpc) is 2.56. The van der Waals surface area contributed by atoms with Crippen LogP contribution in [0.3, 0.4) is 0 Å². The number of rotatable bonds is 4. The molecule has 0 amide bonds. The van der Waals surface area contributed by atoms with Crippen LogP contribution in [0.15, 0.2) is 48.5 Å². The molecule has 1 heterocycles. The highest BCUT2D eigenvalue weighted by atomic mass is 19.1. The van der Waals surface area contributed by atoms with E-state index >= 15 is 0 Å². The number of β-amino-alcohol motifs (C(OH)–C–C–N with tert-alkyl or cyclic N) is 1. The lowest BCUT2D eigenvalue weighted by Gasteiger charge is -2.34. The molecule has 1 fully saturated rings. The molecule has 0 aromatic heterocycles. The molecule has 0 saturated carbocycles. The van der Waals surface area contributed by atoms with Gasteiger partial charge < -0.3 is 9.84 Å². The van der Waals surface area contributed by atoms with Crippen LogP contribution in [0.2, 0.25) is 0 Å². The van der Waals surface area contributed by atoms with Crippen molar-refractivity contribution in [2.75, 3.05) is 26.2 Å². The summed E-state index contributed by atoms with van der Waals surface area (Å²) in [5, 5.41) is 10.3. The van der Waals surface area contributed by atoms with E-state index < -0.39 is 6.10 Å². The molecule has 1 saturated heterocycles. The van der Waals surface area contributed by atoms with E-state index in [9.17, 15) is 13.9 Å². The van der Waals surface area contributed by atoms with Gasteiger partial charge in [-0.25, -0.2) is 8.78 Å². The molecule has 1 aliphatic rings. The van der Waals surface area contributed by atoms with Crippen molar-refractivity contribution in [3.05, 3.63) is 71.3 Å². The molecule has 23 heavy (non-hydrogen) atoms. The van der Waals surface area contributed by atoms with E-state index in [4.69, 9.17) is 4.74 Å². The van der Waals surface area contributed by atoms with Crippen LogP contribution in [0.1, 0.15) is 23.3 Å². The third-order valence-electron chi connectivity index (χ3n) is 4.08. The zero-order chi connectivity index (χ0) is 16.2. The van der Waals surface area contributed by atoms with Gasteiger partial charge in [0.15, 0.2) is 0 Å². The molecule has 0 spiro atoms. The fourth-order valence-corrected chi connectivity index (χ4v) is 2.78.